The molecule has 4 aromatic rings. The van der Waals surface area contributed by atoms with Crippen molar-refractivity contribution in [2.45, 2.75) is 66.9 Å². The van der Waals surface area contributed by atoms with Gasteiger partial charge in [-0.2, -0.15) is 9.98 Å². The first-order chi connectivity index (χ1) is 20.0. The number of piperidine rings is 1. The van der Waals surface area contributed by atoms with Gasteiger partial charge in [-0.15, -0.1) is 10.2 Å². The molecule has 2 saturated carbocycles. The number of hydrogen-bond acceptors (Lipinski definition) is 10. The van der Waals surface area contributed by atoms with Crippen molar-refractivity contribution in [2.24, 2.45) is 0 Å². The maximum absolute atomic E-state index is 13.5. The molecule has 1 aliphatic heterocycles. The summed E-state index contributed by atoms with van der Waals surface area (Å²) in [4.78, 5) is 23.3. The molecule has 2 N–H and O–H groups in total. The lowest BCUT2D eigenvalue weighted by Crippen LogP contribution is -2.44. The quantitative estimate of drug-likeness (QED) is 0.318. The maximum atomic E-state index is 13.5. The Morgan fingerprint density at radius 3 is 2.52 bits per heavy atom. The van der Waals surface area contributed by atoms with E-state index in [1.807, 2.05) is 6.07 Å². The molecule has 12 nitrogen and oxygen atoms in total. The van der Waals surface area contributed by atoms with E-state index in [4.69, 9.17) is 0 Å². The van der Waals surface area contributed by atoms with Crippen molar-refractivity contribution >= 4 is 49.2 Å². The molecule has 0 spiro atoms. The average Bonchev–Trinajstić information content (AvgIpc) is 3.83. The van der Waals surface area contributed by atoms with Crippen LogP contribution in [0.5, 0.6) is 0 Å². The third-order valence-electron chi connectivity index (χ3n) is 8.25. The molecule has 42 heavy (non-hydrogen) atoms. The van der Waals surface area contributed by atoms with Crippen LogP contribution < -0.4 is 4.72 Å². The Morgan fingerprint density at radius 2 is 1.90 bits per heavy atom. The zero-order valence-corrected chi connectivity index (χ0v) is 23.6. The predicted molar refractivity (Wildman–Crippen MR) is 145 cm³/mol. The van der Waals surface area contributed by atoms with Gasteiger partial charge < -0.3 is 10.0 Å². The van der Waals surface area contributed by atoms with Crippen LogP contribution in [-0.4, -0.2) is 73.3 Å². The van der Waals surface area contributed by atoms with Crippen molar-refractivity contribution in [2.75, 3.05) is 13.1 Å². The van der Waals surface area contributed by atoms with Gasteiger partial charge in [-0.05, 0) is 50.7 Å². The number of nitriles is 1. The summed E-state index contributed by atoms with van der Waals surface area (Å²) in [6, 6.07) is 6.48. The van der Waals surface area contributed by atoms with Crippen molar-refractivity contribution in [1.82, 2.24) is 34.4 Å². The second-order valence-electron chi connectivity index (χ2n) is 11.1. The van der Waals surface area contributed by atoms with Crippen molar-refractivity contribution in [3.63, 3.8) is 0 Å². The summed E-state index contributed by atoms with van der Waals surface area (Å²) in [5, 5.41) is 28.1. The standard InChI is InChI=1S/C26H24F2N8O4S2/c27-20(28)22-32-33-24(41-22)36-17-11-15(42(39,40)34-25(12-29)5-6-25)1-2-16(17)18-19(30-13-31-21(18)36)14-3-9-35(10-4-14)23(37)26(38)7-8-26/h1-2,11,13-14,20,34,38H,3-10H2. The number of nitrogens with one attached hydrogen (secondary N) is 1. The normalized spacial score (nSPS) is 19.8. The number of fused-ring (bicyclic) bond motifs is 3. The van der Waals surface area contributed by atoms with Crippen LogP contribution in [0.3, 0.4) is 0 Å². The molecule has 218 valence electrons. The maximum Gasteiger partial charge on any atom is 0.291 e. The predicted octanol–water partition coefficient (Wildman–Crippen LogP) is 2.93. The molecule has 3 aromatic heterocycles. The second-order valence-corrected chi connectivity index (χ2v) is 13.8. The monoisotopic (exact) mass is 614 g/mol. The molecular formula is C26H24F2N8O4S2. The summed E-state index contributed by atoms with van der Waals surface area (Å²) < 4.78 is 57.4. The number of rotatable bonds is 7. The van der Waals surface area contributed by atoms with Gasteiger partial charge in [0, 0.05) is 29.8 Å². The lowest BCUT2D eigenvalue weighted by Gasteiger charge is -2.33. The van der Waals surface area contributed by atoms with Gasteiger partial charge in [0.25, 0.3) is 12.3 Å². The highest BCUT2D eigenvalue weighted by molar-refractivity contribution is 7.89. The number of carbonyl (C=O) groups is 1. The van der Waals surface area contributed by atoms with E-state index >= 15 is 0 Å². The fourth-order valence-electron chi connectivity index (χ4n) is 5.58. The molecule has 2 aliphatic carbocycles. The van der Waals surface area contributed by atoms with Crippen molar-refractivity contribution < 1.29 is 27.1 Å². The Hall–Kier alpha value is -3.65. The number of likely N-dealkylation sites (tertiary alicyclic amines) is 1. The molecule has 1 aromatic carbocycles. The molecular weight excluding hydrogens is 590 g/mol. The first kappa shape index (κ1) is 27.2. The minimum atomic E-state index is -4.09. The topological polar surface area (TPSA) is 167 Å². The zero-order chi connectivity index (χ0) is 29.4. The minimum Gasteiger partial charge on any atom is -0.380 e. The van der Waals surface area contributed by atoms with Crippen LogP contribution in [0, 0.1) is 11.3 Å². The molecule has 16 heteroatoms. The summed E-state index contributed by atoms with van der Waals surface area (Å²) in [6.07, 6.45) is 1.48. The molecule has 0 unspecified atom stereocenters. The van der Waals surface area contributed by atoms with Gasteiger partial charge in [0.1, 0.15) is 17.5 Å². The smallest absolute Gasteiger partial charge is 0.291 e. The van der Waals surface area contributed by atoms with Crippen LogP contribution in [0.2, 0.25) is 0 Å². The number of alkyl halides is 2. The SMILES string of the molecule is N#CC1(NS(=O)(=O)c2ccc3c4c(C5CCN(C(=O)C6(O)CC6)CC5)ncnc4n(-c4nnc(C(F)F)s4)c3c2)CC1. The van der Waals surface area contributed by atoms with Gasteiger partial charge in [0.05, 0.1) is 22.2 Å². The van der Waals surface area contributed by atoms with E-state index in [-0.39, 0.29) is 21.9 Å². The van der Waals surface area contributed by atoms with Gasteiger partial charge in [-0.3, -0.25) is 9.36 Å². The number of sulfonamides is 1. The largest absolute Gasteiger partial charge is 0.380 e. The minimum absolute atomic E-state index is 0.0751. The Morgan fingerprint density at radius 1 is 1.17 bits per heavy atom. The van der Waals surface area contributed by atoms with E-state index in [0.717, 1.165) is 0 Å². The van der Waals surface area contributed by atoms with Crippen molar-refractivity contribution in [1.29, 1.82) is 5.26 Å². The number of hydrogen-bond donors (Lipinski definition) is 2. The number of aromatic nitrogens is 5. The van der Waals surface area contributed by atoms with Crippen LogP contribution in [0.25, 0.3) is 27.1 Å². The van der Waals surface area contributed by atoms with Crippen molar-refractivity contribution in [3.8, 4) is 11.2 Å². The molecule has 3 aliphatic rings. The van der Waals surface area contributed by atoms with Gasteiger partial charge in [-0.25, -0.2) is 27.2 Å². The zero-order valence-electron chi connectivity index (χ0n) is 22.0. The third kappa shape index (κ3) is 4.42. The summed E-state index contributed by atoms with van der Waals surface area (Å²) >= 11 is 0.673. The summed E-state index contributed by atoms with van der Waals surface area (Å²) in [6.45, 7) is 0.887. The van der Waals surface area contributed by atoms with Gasteiger partial charge in [0.2, 0.25) is 15.2 Å². The number of carbonyl (C=O) groups excluding carboxylic acids is 1. The van der Waals surface area contributed by atoms with Crippen LogP contribution in [0.4, 0.5) is 8.78 Å². The average molecular weight is 615 g/mol. The number of nitrogens with zero attached hydrogens (tertiary/aromatic N) is 7. The Kier molecular flexibility index (Phi) is 6.11. The molecule has 0 atom stereocenters. The molecule has 0 radical (unpaired) electrons. The van der Waals surface area contributed by atoms with E-state index in [1.54, 1.807) is 11.0 Å². The Bertz CT molecular complexity index is 1900. The van der Waals surface area contributed by atoms with E-state index in [2.05, 4.69) is 24.9 Å². The fraction of sp³-hybridized carbons (Fsp3) is 0.462. The van der Waals surface area contributed by atoms with E-state index in [1.165, 1.54) is 23.0 Å². The Balaban J connectivity index is 1.34. The van der Waals surface area contributed by atoms with Crippen LogP contribution in [0.15, 0.2) is 29.4 Å². The van der Waals surface area contributed by atoms with Gasteiger partial charge in [-0.1, -0.05) is 17.4 Å². The highest BCUT2D eigenvalue weighted by Gasteiger charge is 2.50. The molecule has 1 amide bonds. The van der Waals surface area contributed by atoms with Crippen molar-refractivity contribution in [3.05, 3.63) is 35.2 Å². The number of benzene rings is 1. The number of aliphatic hydroxyl groups is 1. The lowest BCUT2D eigenvalue weighted by molar-refractivity contribution is -0.143. The van der Waals surface area contributed by atoms with Gasteiger partial charge in [0.15, 0.2) is 10.7 Å². The van der Waals surface area contributed by atoms with Gasteiger partial charge >= 0.3 is 0 Å². The highest BCUT2D eigenvalue weighted by Crippen LogP contribution is 2.42. The number of amides is 1. The molecule has 7 rings (SSSR count). The molecule has 4 heterocycles. The summed E-state index contributed by atoms with van der Waals surface area (Å²) in [5.41, 5.74) is -0.959. The van der Waals surface area contributed by atoms with E-state index in [9.17, 15) is 32.4 Å². The molecule has 1 saturated heterocycles. The van der Waals surface area contributed by atoms with Crippen LogP contribution in [-0.2, 0) is 14.8 Å². The van der Waals surface area contributed by atoms with E-state index < -0.39 is 32.6 Å². The summed E-state index contributed by atoms with van der Waals surface area (Å²) in [7, 11) is -4.09. The summed E-state index contributed by atoms with van der Waals surface area (Å²) in [5.74, 6) is -0.322. The second kappa shape index (κ2) is 9.43. The number of halogens is 2. The highest BCUT2D eigenvalue weighted by atomic mass is 32.2. The lowest BCUT2D eigenvalue weighted by atomic mass is 9.90. The molecule has 0 bridgehead atoms. The fourth-order valence-corrected chi connectivity index (χ4v) is 7.69. The first-order valence-electron chi connectivity index (χ1n) is 13.4. The Labute approximate surface area is 242 Å². The molecule has 3 fully saturated rings. The third-order valence-corrected chi connectivity index (χ3v) is 10.7. The van der Waals surface area contributed by atoms with Crippen LogP contribution in [0.1, 0.15) is 61.6 Å². The first-order valence-corrected chi connectivity index (χ1v) is 15.7. The van der Waals surface area contributed by atoms with Crippen LogP contribution >= 0.6 is 11.3 Å². The van der Waals surface area contributed by atoms with E-state index in [0.29, 0.717) is 90.6 Å².